The highest BCUT2D eigenvalue weighted by Crippen LogP contribution is 2.21. The third-order valence-electron chi connectivity index (χ3n) is 2.97. The molecule has 1 aromatic carbocycles. The van der Waals surface area contributed by atoms with Gasteiger partial charge in [0.2, 0.25) is 5.91 Å². The molecule has 1 amide bonds. The lowest BCUT2D eigenvalue weighted by Gasteiger charge is -2.14. The molecule has 1 aliphatic heterocycles. The van der Waals surface area contributed by atoms with Crippen LogP contribution in [0.4, 0.5) is 14.5 Å². The fourth-order valence-corrected chi connectivity index (χ4v) is 1.81. The number of nitrogens with one attached hydrogen (secondary N) is 1. The van der Waals surface area contributed by atoms with E-state index in [1.807, 2.05) is 0 Å². The van der Waals surface area contributed by atoms with Crippen LogP contribution in [-0.4, -0.2) is 25.2 Å². The van der Waals surface area contributed by atoms with Gasteiger partial charge in [-0.3, -0.25) is 4.79 Å². The standard InChI is InChI=1S/C12H14F2N2O2/c1-6-2-9(14)11(3-8(6)13)16-12(17)7-4-18-5-10(7)15/h2-3,7,10H,4-5,15H2,1H3,(H,16,17). The molecule has 1 heterocycles. The highest BCUT2D eigenvalue weighted by molar-refractivity contribution is 5.93. The average Bonchev–Trinajstić information content (AvgIpc) is 2.72. The third kappa shape index (κ3) is 2.49. The van der Waals surface area contributed by atoms with E-state index in [0.29, 0.717) is 6.61 Å². The van der Waals surface area contributed by atoms with E-state index in [-0.39, 0.29) is 17.9 Å². The monoisotopic (exact) mass is 256 g/mol. The summed E-state index contributed by atoms with van der Waals surface area (Å²) in [7, 11) is 0. The molecule has 98 valence electrons. The first-order valence-electron chi connectivity index (χ1n) is 5.59. The summed E-state index contributed by atoms with van der Waals surface area (Å²) in [6.45, 7) is 1.94. The number of halogens is 2. The van der Waals surface area contributed by atoms with Gasteiger partial charge in [0.1, 0.15) is 11.6 Å². The number of amides is 1. The fourth-order valence-electron chi connectivity index (χ4n) is 1.81. The molecule has 0 bridgehead atoms. The summed E-state index contributed by atoms with van der Waals surface area (Å²) in [6, 6.07) is 1.59. The van der Waals surface area contributed by atoms with Gasteiger partial charge in [0, 0.05) is 12.1 Å². The Bertz CT molecular complexity index is 479. The van der Waals surface area contributed by atoms with Gasteiger partial charge in [0.25, 0.3) is 0 Å². The van der Waals surface area contributed by atoms with Gasteiger partial charge in [0.05, 0.1) is 24.8 Å². The number of aryl methyl sites for hydroxylation is 1. The number of hydrogen-bond donors (Lipinski definition) is 2. The topological polar surface area (TPSA) is 64.3 Å². The second kappa shape index (κ2) is 4.99. The van der Waals surface area contributed by atoms with Gasteiger partial charge in [-0.2, -0.15) is 0 Å². The fraction of sp³-hybridized carbons (Fsp3) is 0.417. The number of anilines is 1. The summed E-state index contributed by atoms with van der Waals surface area (Å²) < 4.78 is 31.9. The van der Waals surface area contributed by atoms with Crippen LogP contribution in [0.25, 0.3) is 0 Å². The quantitative estimate of drug-likeness (QED) is 0.835. The van der Waals surface area contributed by atoms with E-state index in [1.54, 1.807) is 0 Å². The highest BCUT2D eigenvalue weighted by Gasteiger charge is 2.31. The number of hydrogen-bond acceptors (Lipinski definition) is 3. The molecule has 6 heteroatoms. The van der Waals surface area contributed by atoms with Crippen LogP contribution in [0.1, 0.15) is 5.56 Å². The Kier molecular flexibility index (Phi) is 3.58. The third-order valence-corrected chi connectivity index (χ3v) is 2.97. The molecule has 3 N–H and O–H groups in total. The molecule has 0 aromatic heterocycles. The van der Waals surface area contributed by atoms with E-state index in [0.717, 1.165) is 12.1 Å². The molecule has 2 unspecified atom stereocenters. The SMILES string of the molecule is Cc1cc(F)c(NC(=O)C2COCC2N)cc1F. The molecule has 18 heavy (non-hydrogen) atoms. The van der Waals surface area contributed by atoms with Crippen LogP contribution in [0, 0.1) is 24.5 Å². The van der Waals surface area contributed by atoms with Crippen molar-refractivity contribution in [3.05, 3.63) is 29.3 Å². The maximum Gasteiger partial charge on any atom is 0.231 e. The van der Waals surface area contributed by atoms with Gasteiger partial charge in [-0.15, -0.1) is 0 Å². The highest BCUT2D eigenvalue weighted by atomic mass is 19.1. The molecular formula is C12H14F2N2O2. The van der Waals surface area contributed by atoms with Gasteiger partial charge in [-0.05, 0) is 18.6 Å². The van der Waals surface area contributed by atoms with Crippen LogP contribution in [0.15, 0.2) is 12.1 Å². The predicted molar refractivity (Wildman–Crippen MR) is 62.0 cm³/mol. The first-order chi connectivity index (χ1) is 8.49. The van der Waals surface area contributed by atoms with E-state index >= 15 is 0 Å². The number of carbonyl (C=O) groups excluding carboxylic acids is 1. The summed E-state index contributed by atoms with van der Waals surface area (Å²) in [5, 5.41) is 2.34. The summed E-state index contributed by atoms with van der Waals surface area (Å²) in [6.07, 6.45) is 0. The van der Waals surface area contributed by atoms with E-state index in [2.05, 4.69) is 5.32 Å². The van der Waals surface area contributed by atoms with Gasteiger partial charge in [-0.25, -0.2) is 8.78 Å². The number of carbonyl (C=O) groups is 1. The van der Waals surface area contributed by atoms with Crippen molar-refractivity contribution in [2.45, 2.75) is 13.0 Å². The summed E-state index contributed by atoms with van der Waals surface area (Å²) >= 11 is 0. The lowest BCUT2D eigenvalue weighted by Crippen LogP contribution is -2.37. The first kappa shape index (κ1) is 12.9. The molecule has 0 aliphatic carbocycles. The summed E-state index contributed by atoms with van der Waals surface area (Å²) in [5.74, 6) is -2.23. The number of benzene rings is 1. The van der Waals surface area contributed by atoms with Crippen molar-refractivity contribution >= 4 is 11.6 Å². The number of ether oxygens (including phenoxy) is 1. The smallest absolute Gasteiger partial charge is 0.231 e. The first-order valence-corrected chi connectivity index (χ1v) is 5.59. The average molecular weight is 256 g/mol. The molecule has 0 spiro atoms. The molecule has 2 atom stereocenters. The van der Waals surface area contributed by atoms with E-state index < -0.39 is 29.5 Å². The van der Waals surface area contributed by atoms with Crippen LogP contribution in [0.2, 0.25) is 0 Å². The van der Waals surface area contributed by atoms with Crippen LogP contribution in [-0.2, 0) is 9.53 Å². The van der Waals surface area contributed by atoms with Crippen molar-refractivity contribution in [1.82, 2.24) is 0 Å². The van der Waals surface area contributed by atoms with Crippen LogP contribution in [0.5, 0.6) is 0 Å². The second-order valence-electron chi connectivity index (χ2n) is 4.38. The molecular weight excluding hydrogens is 242 g/mol. The Labute approximate surface area is 103 Å². The summed E-state index contributed by atoms with van der Waals surface area (Å²) in [4.78, 5) is 11.8. The Morgan fingerprint density at radius 2 is 2.11 bits per heavy atom. The van der Waals surface area contributed by atoms with Crippen molar-refractivity contribution in [2.24, 2.45) is 11.7 Å². The van der Waals surface area contributed by atoms with Crippen molar-refractivity contribution in [3.63, 3.8) is 0 Å². The zero-order chi connectivity index (χ0) is 13.3. The van der Waals surface area contributed by atoms with Gasteiger partial charge < -0.3 is 15.8 Å². The molecule has 4 nitrogen and oxygen atoms in total. The Morgan fingerprint density at radius 1 is 1.39 bits per heavy atom. The van der Waals surface area contributed by atoms with E-state index in [9.17, 15) is 13.6 Å². The van der Waals surface area contributed by atoms with Crippen molar-refractivity contribution in [2.75, 3.05) is 18.5 Å². The summed E-state index contributed by atoms with van der Waals surface area (Å²) in [5.41, 5.74) is 5.68. The Hall–Kier alpha value is -1.53. The van der Waals surface area contributed by atoms with E-state index in [4.69, 9.17) is 10.5 Å². The normalized spacial score (nSPS) is 23.1. The lowest BCUT2D eigenvalue weighted by atomic mass is 10.0. The predicted octanol–water partition coefficient (Wildman–Crippen LogP) is 1.19. The van der Waals surface area contributed by atoms with Crippen LogP contribution in [0.3, 0.4) is 0 Å². The lowest BCUT2D eigenvalue weighted by molar-refractivity contribution is -0.120. The zero-order valence-corrected chi connectivity index (χ0v) is 9.87. The maximum absolute atomic E-state index is 13.5. The van der Waals surface area contributed by atoms with Gasteiger partial charge >= 0.3 is 0 Å². The maximum atomic E-state index is 13.5. The van der Waals surface area contributed by atoms with Crippen molar-refractivity contribution < 1.29 is 18.3 Å². The minimum Gasteiger partial charge on any atom is -0.379 e. The molecule has 0 saturated carbocycles. The molecule has 2 rings (SSSR count). The molecule has 1 fully saturated rings. The van der Waals surface area contributed by atoms with Crippen LogP contribution < -0.4 is 11.1 Å². The van der Waals surface area contributed by atoms with Crippen molar-refractivity contribution in [3.8, 4) is 0 Å². The molecule has 1 aromatic rings. The molecule has 0 radical (unpaired) electrons. The zero-order valence-electron chi connectivity index (χ0n) is 9.87. The minimum absolute atomic E-state index is 0.179. The Balaban J connectivity index is 2.14. The number of nitrogens with two attached hydrogens (primary N) is 1. The second-order valence-corrected chi connectivity index (χ2v) is 4.38. The van der Waals surface area contributed by atoms with Crippen LogP contribution >= 0.6 is 0 Å². The van der Waals surface area contributed by atoms with Crippen molar-refractivity contribution in [1.29, 1.82) is 0 Å². The van der Waals surface area contributed by atoms with E-state index in [1.165, 1.54) is 6.92 Å². The molecule has 1 aliphatic rings. The Morgan fingerprint density at radius 3 is 2.72 bits per heavy atom. The van der Waals surface area contributed by atoms with Gasteiger partial charge in [0.15, 0.2) is 0 Å². The molecule has 1 saturated heterocycles. The number of rotatable bonds is 2. The minimum atomic E-state index is -0.672. The van der Waals surface area contributed by atoms with Gasteiger partial charge in [-0.1, -0.05) is 0 Å². The largest absolute Gasteiger partial charge is 0.379 e.